The molecule has 0 spiro atoms. The Morgan fingerprint density at radius 2 is 1.71 bits per heavy atom. The average molecular weight is 531 g/mol. The first kappa shape index (κ1) is 25.4. The van der Waals surface area contributed by atoms with E-state index in [0.29, 0.717) is 74.8 Å². The highest BCUT2D eigenvalue weighted by atomic mass is 19.4. The maximum absolute atomic E-state index is 14.0. The number of fused-ring (bicyclic) bond motifs is 3. The highest BCUT2D eigenvalue weighted by Gasteiger charge is 2.32. The Morgan fingerprint density at radius 3 is 2.39 bits per heavy atom. The number of hydrogen-bond donors (Lipinski definition) is 2. The van der Waals surface area contributed by atoms with Crippen molar-refractivity contribution in [1.29, 1.82) is 0 Å². The van der Waals surface area contributed by atoms with Gasteiger partial charge in [0.1, 0.15) is 5.65 Å². The summed E-state index contributed by atoms with van der Waals surface area (Å²) in [6, 6.07) is 5.63. The first-order valence-electron chi connectivity index (χ1n) is 13.6. The topological polar surface area (TPSA) is 86.5 Å². The Morgan fingerprint density at radius 1 is 0.974 bits per heavy atom. The molecule has 2 aliphatic carbocycles. The minimum absolute atomic E-state index is 0.0708. The van der Waals surface area contributed by atoms with Crippen molar-refractivity contribution in [1.82, 2.24) is 19.4 Å². The van der Waals surface area contributed by atoms with E-state index in [0.717, 1.165) is 23.0 Å². The van der Waals surface area contributed by atoms with E-state index in [1.807, 2.05) is 23.1 Å². The van der Waals surface area contributed by atoms with E-state index in [9.17, 15) is 23.1 Å². The van der Waals surface area contributed by atoms with E-state index < -0.39 is 12.7 Å². The third-order valence-corrected chi connectivity index (χ3v) is 8.16. The number of nitrogens with one attached hydrogen (secondary N) is 1. The molecule has 3 aromatic rings. The van der Waals surface area contributed by atoms with Gasteiger partial charge >= 0.3 is 6.18 Å². The van der Waals surface area contributed by atoms with Crippen molar-refractivity contribution in [2.24, 2.45) is 5.92 Å². The van der Waals surface area contributed by atoms with Gasteiger partial charge in [0, 0.05) is 56.0 Å². The summed E-state index contributed by atoms with van der Waals surface area (Å²) in [4.78, 5) is 26.8. The van der Waals surface area contributed by atoms with E-state index in [4.69, 9.17) is 4.98 Å². The van der Waals surface area contributed by atoms with Crippen LogP contribution < -0.4 is 15.8 Å². The highest BCUT2D eigenvalue weighted by Crippen LogP contribution is 2.34. The smallest absolute Gasteiger partial charge is 0.393 e. The minimum atomic E-state index is -4.21. The van der Waals surface area contributed by atoms with Crippen molar-refractivity contribution in [2.75, 3.05) is 49.5 Å². The van der Waals surface area contributed by atoms with Crippen molar-refractivity contribution < 1.29 is 18.3 Å². The summed E-state index contributed by atoms with van der Waals surface area (Å²) in [5.41, 5.74) is 1.30. The van der Waals surface area contributed by atoms with Crippen LogP contribution in [0.15, 0.2) is 29.2 Å². The molecule has 204 valence electrons. The first-order valence-corrected chi connectivity index (χ1v) is 13.6. The number of pyridine rings is 1. The number of aliphatic hydroxyl groups excluding tert-OH is 1. The molecule has 1 aliphatic heterocycles. The van der Waals surface area contributed by atoms with Crippen molar-refractivity contribution in [3.8, 4) is 0 Å². The molecule has 2 saturated carbocycles. The van der Waals surface area contributed by atoms with Gasteiger partial charge < -0.3 is 15.3 Å². The summed E-state index contributed by atoms with van der Waals surface area (Å²) in [6.45, 7) is 1.47. The standard InChI is InChI=1S/C27H33F3N6O2/c28-27(29,30)16-34-9-11-35(12-10-34)19-5-8-21-22(13-19)25(38)36(18-3-6-20(37)7-4-18)24-23(21)15-32-26(33-24)31-14-17-1-2-17/h5,8,13,15,17-18,20,37H,1-4,6-7,9-12,14,16H2,(H,31,32,33). The molecule has 2 aromatic heterocycles. The van der Waals surface area contributed by atoms with Crippen LogP contribution >= 0.6 is 0 Å². The molecule has 6 rings (SSSR count). The molecule has 1 aromatic carbocycles. The zero-order valence-corrected chi connectivity index (χ0v) is 21.3. The van der Waals surface area contributed by atoms with E-state index in [-0.39, 0.29) is 17.7 Å². The van der Waals surface area contributed by atoms with Crippen LogP contribution in [0.25, 0.3) is 21.8 Å². The van der Waals surface area contributed by atoms with Crippen LogP contribution in [0, 0.1) is 5.92 Å². The minimum Gasteiger partial charge on any atom is -0.393 e. The molecule has 8 nitrogen and oxygen atoms in total. The van der Waals surface area contributed by atoms with Crippen molar-refractivity contribution in [2.45, 2.75) is 56.8 Å². The lowest BCUT2D eigenvalue weighted by atomic mass is 9.92. The Labute approximate surface area is 218 Å². The molecule has 3 heterocycles. The molecule has 0 radical (unpaired) electrons. The lowest BCUT2D eigenvalue weighted by Gasteiger charge is -2.36. The highest BCUT2D eigenvalue weighted by molar-refractivity contribution is 6.05. The molecule has 11 heteroatoms. The van der Waals surface area contributed by atoms with Crippen LogP contribution in [0.3, 0.4) is 0 Å². The van der Waals surface area contributed by atoms with Crippen LogP contribution in [-0.4, -0.2) is 76.1 Å². The van der Waals surface area contributed by atoms with Gasteiger partial charge in [0.2, 0.25) is 5.95 Å². The van der Waals surface area contributed by atoms with Gasteiger partial charge in [0.25, 0.3) is 5.56 Å². The maximum Gasteiger partial charge on any atom is 0.401 e. The Balaban J connectivity index is 1.37. The van der Waals surface area contributed by atoms with Crippen molar-refractivity contribution in [3.63, 3.8) is 0 Å². The largest absolute Gasteiger partial charge is 0.401 e. The lowest BCUT2D eigenvalue weighted by Crippen LogP contribution is -2.49. The summed E-state index contributed by atoms with van der Waals surface area (Å²) < 4.78 is 40.2. The first-order chi connectivity index (χ1) is 18.2. The van der Waals surface area contributed by atoms with Crippen LogP contribution in [0.1, 0.15) is 44.6 Å². The molecule has 38 heavy (non-hydrogen) atoms. The average Bonchev–Trinajstić information content (AvgIpc) is 3.73. The normalized spacial score (nSPS) is 23.3. The lowest BCUT2D eigenvalue weighted by molar-refractivity contribution is -0.146. The fourth-order valence-corrected chi connectivity index (χ4v) is 5.83. The van der Waals surface area contributed by atoms with E-state index >= 15 is 0 Å². The number of piperazine rings is 1. The van der Waals surface area contributed by atoms with E-state index in [2.05, 4.69) is 10.3 Å². The number of rotatable bonds is 6. The predicted molar refractivity (Wildman–Crippen MR) is 141 cm³/mol. The number of benzene rings is 1. The molecule has 3 aliphatic rings. The van der Waals surface area contributed by atoms with Gasteiger partial charge in [-0.3, -0.25) is 14.3 Å². The SMILES string of the molecule is O=c1c2cc(N3CCN(CC(F)(F)F)CC3)ccc2c2cnc(NCC3CC3)nc2n1C1CCC(O)CC1. The molecule has 1 saturated heterocycles. The van der Waals surface area contributed by atoms with E-state index in [1.54, 1.807) is 10.8 Å². The van der Waals surface area contributed by atoms with Crippen molar-refractivity contribution in [3.05, 3.63) is 34.7 Å². The monoisotopic (exact) mass is 530 g/mol. The Kier molecular flexibility index (Phi) is 6.67. The number of nitrogens with zero attached hydrogens (tertiary/aromatic N) is 5. The van der Waals surface area contributed by atoms with E-state index in [1.165, 1.54) is 17.7 Å². The number of aromatic nitrogens is 3. The van der Waals surface area contributed by atoms with Gasteiger partial charge in [-0.25, -0.2) is 4.98 Å². The Bertz CT molecular complexity index is 1370. The molecule has 2 N–H and O–H groups in total. The van der Waals surface area contributed by atoms with Gasteiger partial charge in [-0.1, -0.05) is 6.07 Å². The number of aliphatic hydroxyl groups is 1. The van der Waals surface area contributed by atoms with Crippen LogP contribution in [-0.2, 0) is 0 Å². The molecule has 3 fully saturated rings. The Hall–Kier alpha value is -2.92. The quantitative estimate of drug-likeness (QED) is 0.467. The zero-order chi connectivity index (χ0) is 26.4. The van der Waals surface area contributed by atoms with Gasteiger partial charge in [-0.05, 0) is 62.0 Å². The molecule has 0 bridgehead atoms. The van der Waals surface area contributed by atoms with Gasteiger partial charge in [-0.2, -0.15) is 18.2 Å². The third kappa shape index (κ3) is 5.31. The maximum atomic E-state index is 14.0. The fraction of sp³-hybridized carbons (Fsp3) is 0.593. The second kappa shape index (κ2) is 10.00. The summed E-state index contributed by atoms with van der Waals surface area (Å²) >= 11 is 0. The summed E-state index contributed by atoms with van der Waals surface area (Å²) in [7, 11) is 0. The molecule has 0 amide bonds. The van der Waals surface area contributed by atoms with Crippen LogP contribution in [0.4, 0.5) is 24.8 Å². The second-order valence-electron chi connectivity index (χ2n) is 11.0. The molecular formula is C27H33F3N6O2. The third-order valence-electron chi connectivity index (χ3n) is 8.16. The number of alkyl halides is 3. The summed E-state index contributed by atoms with van der Waals surface area (Å²) in [5, 5.41) is 15.5. The van der Waals surface area contributed by atoms with Crippen LogP contribution in [0.2, 0.25) is 0 Å². The number of halogens is 3. The number of anilines is 2. The fourth-order valence-electron chi connectivity index (χ4n) is 5.83. The van der Waals surface area contributed by atoms with Gasteiger partial charge in [-0.15, -0.1) is 0 Å². The predicted octanol–water partition coefficient (Wildman–Crippen LogP) is 3.93. The number of hydrogen-bond acceptors (Lipinski definition) is 7. The summed E-state index contributed by atoms with van der Waals surface area (Å²) in [5.74, 6) is 1.17. The molecule has 0 atom stereocenters. The molecule has 0 unspecified atom stereocenters. The zero-order valence-electron chi connectivity index (χ0n) is 21.3. The van der Waals surface area contributed by atoms with Gasteiger partial charge in [0.15, 0.2) is 0 Å². The van der Waals surface area contributed by atoms with Crippen molar-refractivity contribution >= 4 is 33.4 Å². The van der Waals surface area contributed by atoms with Gasteiger partial charge in [0.05, 0.1) is 18.0 Å². The molecular weight excluding hydrogens is 497 g/mol. The second-order valence-corrected chi connectivity index (χ2v) is 11.0. The summed E-state index contributed by atoms with van der Waals surface area (Å²) in [6.07, 6.45) is 2.30. The van der Waals surface area contributed by atoms with Crippen LogP contribution in [0.5, 0.6) is 0 Å².